The Morgan fingerprint density at radius 1 is 0.549 bits per heavy atom. The Kier molecular flexibility index (Phi) is 15.5. The van der Waals surface area contributed by atoms with Crippen LogP contribution in [0.3, 0.4) is 0 Å². The van der Waals surface area contributed by atoms with E-state index in [1.807, 2.05) is 45.9 Å². The summed E-state index contributed by atoms with van der Waals surface area (Å²) in [4.78, 5) is 13.2. The number of aromatic hydroxyl groups is 1. The Bertz CT molecular complexity index is 3530. The number of azo groups is 4. The molecule has 0 unspecified atom stereocenters. The lowest BCUT2D eigenvalue weighted by Crippen LogP contribution is -2.13. The predicted octanol–water partition coefficient (Wildman–Crippen LogP) is 14.0. The fourth-order valence-electron chi connectivity index (χ4n) is 7.11. The average molecular weight is 998 g/mol. The van der Waals surface area contributed by atoms with Crippen LogP contribution in [0.1, 0.15) is 34.2 Å². The highest BCUT2D eigenvalue weighted by Crippen LogP contribution is 2.41. The van der Waals surface area contributed by atoms with Crippen molar-refractivity contribution in [3.05, 3.63) is 143 Å². The SMILES string of the molecule is COc1ccc(N(C=O)c2ccc3c(O)c(N=Nc4cc(C)c(N=Nc5cc(C)c(N=Nc6cc(C)c(N=Nc7ccccc7S(=O)(=O)O)cc6OCCCS(=O)(=O)O)cc5C)cc4C)ccc3c2)cc1. The smallest absolute Gasteiger partial charge is 0.296 e. The Labute approximate surface area is 409 Å². The molecule has 0 aromatic heterocycles. The van der Waals surface area contributed by atoms with E-state index in [1.165, 1.54) is 35.2 Å². The van der Waals surface area contributed by atoms with Crippen LogP contribution in [0.15, 0.2) is 161 Å². The van der Waals surface area contributed by atoms with Gasteiger partial charge in [0.25, 0.3) is 20.2 Å². The highest BCUT2D eigenvalue weighted by atomic mass is 32.2. The molecule has 3 N–H and O–H groups in total. The van der Waals surface area contributed by atoms with Crippen molar-refractivity contribution in [1.82, 2.24) is 0 Å². The molecule has 1 amide bonds. The number of rotatable bonds is 18. The van der Waals surface area contributed by atoms with Gasteiger partial charge in [-0.15, -0.1) is 15.3 Å². The molecule has 364 valence electrons. The molecule has 0 heterocycles. The number of hydrogen-bond acceptors (Lipinski definition) is 16. The van der Waals surface area contributed by atoms with Crippen LogP contribution in [-0.2, 0) is 25.0 Å². The number of fused-ring (bicyclic) bond motifs is 1. The maximum Gasteiger partial charge on any atom is 0.296 e. The average Bonchev–Trinajstić information content (AvgIpc) is 3.33. The molecule has 7 rings (SSSR count). The Morgan fingerprint density at radius 3 is 1.55 bits per heavy atom. The molecular weight excluding hydrogens is 951 g/mol. The number of phenolic OH excluding ortho intramolecular Hbond substituents is 1. The summed E-state index contributed by atoms with van der Waals surface area (Å²) in [5, 5.41) is 47.5. The molecule has 0 saturated carbocycles. The van der Waals surface area contributed by atoms with Crippen LogP contribution in [0.4, 0.5) is 56.9 Å². The quantitative estimate of drug-likeness (QED) is 0.0317. The van der Waals surface area contributed by atoms with Crippen molar-refractivity contribution in [2.45, 2.75) is 45.9 Å². The van der Waals surface area contributed by atoms with Crippen molar-refractivity contribution in [2.75, 3.05) is 24.4 Å². The number of anilines is 2. The van der Waals surface area contributed by atoms with Gasteiger partial charge in [0.1, 0.15) is 33.5 Å². The number of carbonyl (C=O) groups is 1. The van der Waals surface area contributed by atoms with Gasteiger partial charge in [0.05, 0.1) is 47.9 Å². The molecule has 7 aromatic rings. The minimum atomic E-state index is -4.58. The molecule has 0 aliphatic carbocycles. The van der Waals surface area contributed by atoms with E-state index in [4.69, 9.17) is 9.47 Å². The summed E-state index contributed by atoms with van der Waals surface area (Å²) in [6, 6.07) is 31.8. The third-order valence-electron chi connectivity index (χ3n) is 11.0. The van der Waals surface area contributed by atoms with E-state index in [0.717, 1.165) is 28.7 Å². The Balaban J connectivity index is 1.07. The van der Waals surface area contributed by atoms with E-state index in [9.17, 15) is 35.8 Å². The Morgan fingerprint density at radius 2 is 1.03 bits per heavy atom. The van der Waals surface area contributed by atoms with Crippen LogP contribution in [-0.4, -0.2) is 56.9 Å². The maximum atomic E-state index is 12.1. The van der Waals surface area contributed by atoms with Gasteiger partial charge in [0, 0.05) is 22.8 Å². The predicted molar refractivity (Wildman–Crippen MR) is 269 cm³/mol. The van der Waals surface area contributed by atoms with Gasteiger partial charge in [-0.2, -0.15) is 42.4 Å². The lowest BCUT2D eigenvalue weighted by Gasteiger charge is -2.18. The summed E-state index contributed by atoms with van der Waals surface area (Å²) < 4.78 is 76.4. The lowest BCUT2D eigenvalue weighted by atomic mass is 10.1. The number of carbonyl (C=O) groups excluding carboxylic acids is 1. The minimum absolute atomic E-state index is 0.0391. The van der Waals surface area contributed by atoms with Crippen LogP contribution < -0.4 is 14.4 Å². The van der Waals surface area contributed by atoms with Crippen molar-refractivity contribution in [3.63, 3.8) is 0 Å². The molecule has 0 bridgehead atoms. The van der Waals surface area contributed by atoms with Crippen molar-refractivity contribution >= 4 is 94.3 Å². The van der Waals surface area contributed by atoms with Crippen LogP contribution >= 0.6 is 0 Å². The lowest BCUT2D eigenvalue weighted by molar-refractivity contribution is -0.106. The summed E-state index contributed by atoms with van der Waals surface area (Å²) in [7, 11) is -7.25. The van der Waals surface area contributed by atoms with E-state index in [1.54, 1.807) is 80.8 Å². The van der Waals surface area contributed by atoms with Gasteiger partial charge in [0.2, 0.25) is 6.41 Å². The third kappa shape index (κ3) is 12.6. The van der Waals surface area contributed by atoms with Crippen molar-refractivity contribution in [1.29, 1.82) is 0 Å². The molecule has 0 fully saturated rings. The maximum absolute atomic E-state index is 12.1. The monoisotopic (exact) mass is 997 g/mol. The standard InChI is InChI=1S/C50H47N9O10S2/c1-30-23-43(31(2)22-42(30)53-52-41-19-12-35-27-37(15-18-39(35)50(41)61)59(29-60)36-13-16-38(68-6)17-14-36)54-55-44-24-33(4)45(25-32(44)3)56-58-47-26-34(5)46(28-48(47)69-20-9-21-70(62,63)64)57-51-40-10-7-8-11-49(40)71(65,66)67/h7-8,10-19,22-29,61H,9,20-21H2,1-6H3,(H,62,63,64)(H,65,66,67). The van der Waals surface area contributed by atoms with Gasteiger partial charge in [-0.3, -0.25) is 18.8 Å². The molecule has 71 heavy (non-hydrogen) atoms. The second-order valence-corrected chi connectivity index (χ2v) is 19.2. The summed E-state index contributed by atoms with van der Waals surface area (Å²) in [6.45, 7) is 9.03. The van der Waals surface area contributed by atoms with E-state index >= 15 is 0 Å². The third-order valence-corrected chi connectivity index (χ3v) is 12.7. The van der Waals surface area contributed by atoms with Crippen molar-refractivity contribution in [2.24, 2.45) is 40.9 Å². The molecule has 0 aliphatic heterocycles. The summed E-state index contributed by atoms with van der Waals surface area (Å²) in [5.74, 6) is 0.231. The number of benzene rings is 7. The van der Waals surface area contributed by atoms with E-state index < -0.39 is 30.9 Å². The van der Waals surface area contributed by atoms with E-state index in [-0.39, 0.29) is 47.3 Å². The normalized spacial score (nSPS) is 12.2. The minimum Gasteiger partial charge on any atom is -0.505 e. The van der Waals surface area contributed by atoms with Gasteiger partial charge in [-0.25, -0.2) is 0 Å². The zero-order valence-corrected chi connectivity index (χ0v) is 40.8. The van der Waals surface area contributed by atoms with Crippen LogP contribution in [0.2, 0.25) is 0 Å². The molecule has 0 radical (unpaired) electrons. The number of methoxy groups -OCH3 is 1. The first kappa shape index (κ1) is 50.8. The van der Waals surface area contributed by atoms with Crippen LogP contribution in [0.25, 0.3) is 10.8 Å². The zero-order chi connectivity index (χ0) is 51.0. The van der Waals surface area contributed by atoms with Gasteiger partial charge in [0.15, 0.2) is 5.75 Å². The fraction of sp³-hybridized carbons (Fsp3) is 0.180. The van der Waals surface area contributed by atoms with Crippen LogP contribution in [0, 0.1) is 34.6 Å². The molecule has 0 atom stereocenters. The molecule has 21 heteroatoms. The number of ether oxygens (including phenoxy) is 2. The van der Waals surface area contributed by atoms with Gasteiger partial charge >= 0.3 is 0 Å². The molecular formula is C50H47N9O10S2. The molecule has 0 saturated heterocycles. The number of nitrogens with zero attached hydrogens (tertiary/aromatic N) is 9. The van der Waals surface area contributed by atoms with E-state index in [2.05, 4.69) is 40.9 Å². The summed E-state index contributed by atoms with van der Waals surface area (Å²) >= 11 is 0. The Hall–Kier alpha value is -8.11. The first-order chi connectivity index (χ1) is 33.8. The number of aryl methyl sites for hydroxylation is 5. The summed E-state index contributed by atoms with van der Waals surface area (Å²) in [6.07, 6.45) is 0.687. The number of hydrogen-bond donors (Lipinski definition) is 3. The van der Waals surface area contributed by atoms with E-state index in [0.29, 0.717) is 56.2 Å². The largest absolute Gasteiger partial charge is 0.505 e. The highest BCUT2D eigenvalue weighted by Gasteiger charge is 2.17. The van der Waals surface area contributed by atoms with Crippen molar-refractivity contribution in [3.8, 4) is 17.2 Å². The second kappa shape index (κ2) is 21.7. The van der Waals surface area contributed by atoms with Gasteiger partial charge in [-0.05, 0) is 165 Å². The topological polar surface area (TPSA) is 267 Å². The highest BCUT2D eigenvalue weighted by molar-refractivity contribution is 7.86. The fourth-order valence-corrected chi connectivity index (χ4v) is 8.22. The van der Waals surface area contributed by atoms with Gasteiger partial charge in [-0.1, -0.05) is 18.2 Å². The summed E-state index contributed by atoms with van der Waals surface area (Å²) in [5.41, 5.74) is 7.81. The van der Waals surface area contributed by atoms with Crippen molar-refractivity contribution < 1.29 is 45.3 Å². The first-order valence-corrected chi connectivity index (χ1v) is 24.7. The molecule has 0 spiro atoms. The molecule has 7 aromatic carbocycles. The molecule has 0 aliphatic rings. The van der Waals surface area contributed by atoms with Gasteiger partial charge < -0.3 is 14.6 Å². The van der Waals surface area contributed by atoms with Crippen LogP contribution in [0.5, 0.6) is 17.2 Å². The number of phenols is 1. The molecule has 19 nitrogen and oxygen atoms in total. The first-order valence-electron chi connectivity index (χ1n) is 21.6. The zero-order valence-electron chi connectivity index (χ0n) is 39.2. The number of amides is 1. The second-order valence-electron chi connectivity index (χ2n) is 16.2.